The van der Waals surface area contributed by atoms with Gasteiger partial charge >= 0.3 is 0 Å². The Labute approximate surface area is 121 Å². The van der Waals surface area contributed by atoms with Crippen molar-refractivity contribution in [2.45, 2.75) is 0 Å². The zero-order chi connectivity index (χ0) is 14.7. The first-order valence-electron chi connectivity index (χ1n) is 5.39. The summed E-state index contributed by atoms with van der Waals surface area (Å²) in [6, 6.07) is 5.62. The number of nitro groups is 1. The standard InChI is InChI=1S/C12H9BrN2O5/c1-19-7-2-3-9(10(6-7)15(17)18)14-12(16)8-4-5-20-11(8)13/h2-6H,1H3,(H,14,16). The predicted octanol–water partition coefficient (Wildman–Crippen LogP) is 3.21. The van der Waals surface area contributed by atoms with Gasteiger partial charge in [-0.3, -0.25) is 14.9 Å². The van der Waals surface area contributed by atoms with E-state index in [4.69, 9.17) is 9.15 Å². The number of ether oxygens (including phenoxy) is 1. The van der Waals surface area contributed by atoms with Gasteiger partial charge in [-0.2, -0.15) is 0 Å². The molecule has 0 bridgehead atoms. The number of anilines is 1. The van der Waals surface area contributed by atoms with E-state index in [1.165, 1.54) is 37.6 Å². The summed E-state index contributed by atoms with van der Waals surface area (Å²) < 4.78 is 10.1. The lowest BCUT2D eigenvalue weighted by Gasteiger charge is -2.06. The molecule has 0 saturated heterocycles. The van der Waals surface area contributed by atoms with Crippen LogP contribution in [-0.4, -0.2) is 17.9 Å². The van der Waals surface area contributed by atoms with Gasteiger partial charge in [-0.1, -0.05) is 0 Å². The molecule has 7 nitrogen and oxygen atoms in total. The van der Waals surface area contributed by atoms with Crippen molar-refractivity contribution >= 4 is 33.2 Å². The van der Waals surface area contributed by atoms with E-state index in [0.717, 1.165) is 0 Å². The van der Waals surface area contributed by atoms with Gasteiger partial charge in [0.25, 0.3) is 11.6 Å². The SMILES string of the molecule is COc1ccc(NC(=O)c2ccoc2Br)c([N+](=O)[O-])c1. The first-order chi connectivity index (χ1) is 9.52. The van der Waals surface area contributed by atoms with Crippen LogP contribution in [0.25, 0.3) is 0 Å². The number of nitrogens with one attached hydrogen (secondary N) is 1. The summed E-state index contributed by atoms with van der Waals surface area (Å²) in [5.74, 6) is -0.182. The van der Waals surface area contributed by atoms with Gasteiger partial charge in [0.1, 0.15) is 11.4 Å². The molecule has 104 valence electrons. The second kappa shape index (κ2) is 5.74. The van der Waals surface area contributed by atoms with Crippen LogP contribution in [0, 0.1) is 10.1 Å². The fourth-order valence-electron chi connectivity index (χ4n) is 1.54. The third-order valence-electron chi connectivity index (χ3n) is 2.51. The summed E-state index contributed by atoms with van der Waals surface area (Å²) in [6.45, 7) is 0. The van der Waals surface area contributed by atoms with Gasteiger partial charge in [-0.05, 0) is 34.1 Å². The smallest absolute Gasteiger partial charge is 0.296 e. The number of nitrogens with zero attached hydrogens (tertiary/aromatic N) is 1. The number of rotatable bonds is 4. The van der Waals surface area contributed by atoms with Gasteiger partial charge in [-0.25, -0.2) is 0 Å². The van der Waals surface area contributed by atoms with Crippen LogP contribution in [0.2, 0.25) is 0 Å². The summed E-state index contributed by atoms with van der Waals surface area (Å²) in [4.78, 5) is 22.4. The molecule has 0 radical (unpaired) electrons. The van der Waals surface area contributed by atoms with E-state index >= 15 is 0 Å². The molecule has 2 aromatic rings. The van der Waals surface area contributed by atoms with E-state index in [0.29, 0.717) is 5.75 Å². The largest absolute Gasteiger partial charge is 0.496 e. The Morgan fingerprint density at radius 1 is 1.45 bits per heavy atom. The lowest BCUT2D eigenvalue weighted by Crippen LogP contribution is -2.12. The predicted molar refractivity (Wildman–Crippen MR) is 74.0 cm³/mol. The molecule has 8 heteroatoms. The highest BCUT2D eigenvalue weighted by Gasteiger charge is 2.19. The molecule has 0 atom stereocenters. The van der Waals surface area contributed by atoms with Crippen molar-refractivity contribution in [1.82, 2.24) is 0 Å². The highest BCUT2D eigenvalue weighted by atomic mass is 79.9. The van der Waals surface area contributed by atoms with Crippen molar-refractivity contribution in [2.24, 2.45) is 0 Å². The number of carbonyl (C=O) groups excluding carboxylic acids is 1. The number of hydrogen-bond acceptors (Lipinski definition) is 5. The normalized spacial score (nSPS) is 10.1. The van der Waals surface area contributed by atoms with Gasteiger partial charge in [-0.15, -0.1) is 0 Å². The number of nitro benzene ring substituents is 1. The van der Waals surface area contributed by atoms with Gasteiger partial charge < -0.3 is 14.5 Å². The Balaban J connectivity index is 2.32. The topological polar surface area (TPSA) is 94.6 Å². The minimum atomic E-state index is -0.595. The Bertz CT molecular complexity index is 668. The van der Waals surface area contributed by atoms with Crippen LogP contribution in [0.1, 0.15) is 10.4 Å². The van der Waals surface area contributed by atoms with Crippen molar-refractivity contribution in [3.05, 3.63) is 50.9 Å². The van der Waals surface area contributed by atoms with Gasteiger partial charge in [0.15, 0.2) is 4.67 Å². The quantitative estimate of drug-likeness (QED) is 0.681. The van der Waals surface area contributed by atoms with Crippen molar-refractivity contribution in [3.8, 4) is 5.75 Å². The van der Waals surface area contributed by atoms with Crippen LogP contribution >= 0.6 is 15.9 Å². The highest BCUT2D eigenvalue weighted by Crippen LogP contribution is 2.30. The van der Waals surface area contributed by atoms with Crippen LogP contribution in [0.3, 0.4) is 0 Å². The van der Waals surface area contributed by atoms with Crippen molar-refractivity contribution in [3.63, 3.8) is 0 Å². The summed E-state index contributed by atoms with van der Waals surface area (Å²) in [5.41, 5.74) is 0.0707. The summed E-state index contributed by atoms with van der Waals surface area (Å²) in [7, 11) is 1.40. The van der Waals surface area contributed by atoms with E-state index in [2.05, 4.69) is 21.2 Å². The lowest BCUT2D eigenvalue weighted by molar-refractivity contribution is -0.384. The van der Waals surface area contributed by atoms with Crippen LogP contribution in [0.15, 0.2) is 39.6 Å². The van der Waals surface area contributed by atoms with E-state index in [1.54, 1.807) is 0 Å². The maximum absolute atomic E-state index is 12.0. The average molecular weight is 341 g/mol. The molecule has 1 N–H and O–H groups in total. The fraction of sp³-hybridized carbons (Fsp3) is 0.0833. The third kappa shape index (κ3) is 2.80. The maximum Gasteiger partial charge on any atom is 0.296 e. The monoisotopic (exact) mass is 340 g/mol. The number of methoxy groups -OCH3 is 1. The van der Waals surface area contributed by atoms with E-state index in [-0.39, 0.29) is 21.6 Å². The van der Waals surface area contributed by atoms with Crippen LogP contribution in [-0.2, 0) is 0 Å². The molecule has 1 aromatic carbocycles. The van der Waals surface area contributed by atoms with Gasteiger partial charge in [0, 0.05) is 0 Å². The summed E-state index contributed by atoms with van der Waals surface area (Å²) in [6.07, 6.45) is 1.33. The molecule has 0 spiro atoms. The number of furan rings is 1. The highest BCUT2D eigenvalue weighted by molar-refractivity contribution is 9.10. The van der Waals surface area contributed by atoms with E-state index in [9.17, 15) is 14.9 Å². The molecule has 0 saturated carbocycles. The van der Waals surface area contributed by atoms with Crippen molar-refractivity contribution in [1.29, 1.82) is 0 Å². The van der Waals surface area contributed by atoms with E-state index in [1.807, 2.05) is 0 Å². The Kier molecular flexibility index (Phi) is 4.04. The number of benzene rings is 1. The number of halogens is 1. The number of hydrogen-bond donors (Lipinski definition) is 1. The average Bonchev–Trinajstić information content (AvgIpc) is 2.85. The zero-order valence-corrected chi connectivity index (χ0v) is 11.8. The van der Waals surface area contributed by atoms with Crippen LogP contribution in [0.5, 0.6) is 5.75 Å². The second-order valence-corrected chi connectivity index (χ2v) is 4.42. The molecule has 0 aliphatic carbocycles. The summed E-state index contributed by atoms with van der Waals surface area (Å²) in [5, 5.41) is 13.5. The molecule has 1 aromatic heterocycles. The third-order valence-corrected chi connectivity index (χ3v) is 3.13. The molecule has 20 heavy (non-hydrogen) atoms. The Hall–Kier alpha value is -2.35. The molecular formula is C12H9BrN2O5. The maximum atomic E-state index is 12.0. The molecule has 0 unspecified atom stereocenters. The minimum Gasteiger partial charge on any atom is -0.496 e. The number of amides is 1. The minimum absolute atomic E-state index is 0.0777. The van der Waals surface area contributed by atoms with Crippen molar-refractivity contribution in [2.75, 3.05) is 12.4 Å². The molecule has 2 rings (SSSR count). The molecule has 0 aliphatic heterocycles. The molecule has 0 aliphatic rings. The lowest BCUT2D eigenvalue weighted by atomic mass is 10.2. The van der Waals surface area contributed by atoms with Crippen LogP contribution < -0.4 is 10.1 Å². The number of carbonyl (C=O) groups is 1. The van der Waals surface area contributed by atoms with Crippen molar-refractivity contribution < 1.29 is 18.9 Å². The molecule has 0 fully saturated rings. The fourth-order valence-corrected chi connectivity index (χ4v) is 1.96. The Morgan fingerprint density at radius 3 is 2.75 bits per heavy atom. The molecular weight excluding hydrogens is 332 g/mol. The molecule has 1 amide bonds. The molecule has 1 heterocycles. The van der Waals surface area contributed by atoms with Gasteiger partial charge in [0.2, 0.25) is 0 Å². The Morgan fingerprint density at radius 2 is 2.20 bits per heavy atom. The van der Waals surface area contributed by atoms with Gasteiger partial charge in [0.05, 0.1) is 29.9 Å². The van der Waals surface area contributed by atoms with Crippen LogP contribution in [0.4, 0.5) is 11.4 Å². The summed E-state index contributed by atoms with van der Waals surface area (Å²) >= 11 is 3.07. The first-order valence-corrected chi connectivity index (χ1v) is 6.19. The van der Waals surface area contributed by atoms with E-state index < -0.39 is 10.8 Å². The first kappa shape index (κ1) is 14.1. The second-order valence-electron chi connectivity index (χ2n) is 3.70. The zero-order valence-electron chi connectivity index (χ0n) is 10.3.